The molecule has 0 heterocycles. The molecule has 4 nitrogen and oxygen atoms in total. The van der Waals surface area contributed by atoms with E-state index in [0.29, 0.717) is 11.5 Å². The minimum absolute atomic E-state index is 0.130. The highest BCUT2D eigenvalue weighted by atomic mass is 33.1. The lowest BCUT2D eigenvalue weighted by atomic mass is 10.3. The summed E-state index contributed by atoms with van der Waals surface area (Å²) in [5.74, 6) is -0.582. The quantitative estimate of drug-likeness (QED) is 0.0549. The normalized spacial score (nSPS) is 11.2. The van der Waals surface area contributed by atoms with Crippen molar-refractivity contribution in [1.29, 1.82) is 0 Å². The Bertz CT molecular complexity index is 1610. The Labute approximate surface area is 323 Å². The molecule has 0 bridgehead atoms. The van der Waals surface area contributed by atoms with Crippen LogP contribution in [-0.4, -0.2) is 46.0 Å². The van der Waals surface area contributed by atoms with Crippen molar-refractivity contribution in [2.24, 2.45) is 0 Å². The van der Waals surface area contributed by atoms with E-state index in [1.165, 1.54) is 53.4 Å². The fourth-order valence-corrected chi connectivity index (χ4v) is 17.6. The number of carboxylic acids is 2. The van der Waals surface area contributed by atoms with Gasteiger partial charge >= 0.3 is 11.9 Å². The van der Waals surface area contributed by atoms with E-state index in [1.54, 1.807) is 0 Å². The zero-order valence-corrected chi connectivity index (χ0v) is 33.1. The Morgan fingerprint density at radius 2 is 0.585 bits per heavy atom. The molecule has 0 atom stereocenters. The number of hydrogen-bond donors (Lipinski definition) is 2. The largest absolute Gasteiger partial charge is 0.481 e. The molecule has 2 N–H and O–H groups in total. The molecule has 6 aromatic carbocycles. The maximum absolute atomic E-state index is 10.0. The van der Waals surface area contributed by atoms with Crippen molar-refractivity contribution in [1.82, 2.24) is 0 Å². The third-order valence-corrected chi connectivity index (χ3v) is 20.5. The highest BCUT2D eigenvalue weighted by Gasteiger charge is 2.49. The molecule has 270 valence electrons. The van der Waals surface area contributed by atoms with E-state index >= 15 is 0 Å². The Kier molecular flexibility index (Phi) is 15.8. The molecule has 0 aliphatic rings. The van der Waals surface area contributed by atoms with Crippen LogP contribution < -0.4 is 31.8 Å². The average Bonchev–Trinajstić information content (AvgIpc) is 3.21. The lowest BCUT2D eigenvalue weighted by molar-refractivity contribution is -0.137. The van der Waals surface area contributed by atoms with Gasteiger partial charge in [-0.3, -0.25) is 9.59 Å². The SMILES string of the molecule is O=C(O)CCSSCCC(=O)O.c1ccc([P+](CCC[P+](c2ccccc2)(c2ccccc2)c2ccccc2)(c2ccccc2)c2ccccc2)cc1. The van der Waals surface area contributed by atoms with Crippen LogP contribution in [0.1, 0.15) is 19.3 Å². The molecule has 0 aromatic heterocycles. The monoisotopic (exact) mass is 776 g/mol. The van der Waals surface area contributed by atoms with Crippen LogP contribution in [0.2, 0.25) is 0 Å². The number of carboxylic acid groups (broad SMARTS) is 2. The second-order valence-corrected chi connectivity index (χ2v) is 22.3. The van der Waals surface area contributed by atoms with Crippen molar-refractivity contribution in [3.63, 3.8) is 0 Å². The molecule has 0 spiro atoms. The molecule has 0 aliphatic heterocycles. The second-order valence-electron chi connectivity index (χ2n) is 12.4. The van der Waals surface area contributed by atoms with Crippen molar-refractivity contribution in [2.45, 2.75) is 19.3 Å². The topological polar surface area (TPSA) is 74.6 Å². The van der Waals surface area contributed by atoms with Crippen molar-refractivity contribution in [2.75, 3.05) is 23.8 Å². The third-order valence-electron chi connectivity index (χ3n) is 9.05. The summed E-state index contributed by atoms with van der Waals surface area (Å²) in [5, 5.41) is 25.2. The van der Waals surface area contributed by atoms with Gasteiger partial charge in [-0.05, 0) is 72.8 Å². The summed E-state index contributed by atoms with van der Waals surface area (Å²) in [6.45, 7) is 0. The minimum Gasteiger partial charge on any atom is -0.481 e. The van der Waals surface area contributed by atoms with E-state index < -0.39 is 26.5 Å². The summed E-state index contributed by atoms with van der Waals surface area (Å²) < 4.78 is 0. The van der Waals surface area contributed by atoms with Crippen LogP contribution >= 0.6 is 36.1 Å². The number of benzene rings is 6. The molecule has 6 rings (SSSR count). The van der Waals surface area contributed by atoms with Gasteiger partial charge in [-0.2, -0.15) is 0 Å². The molecule has 53 heavy (non-hydrogen) atoms. The van der Waals surface area contributed by atoms with Crippen molar-refractivity contribution in [3.8, 4) is 0 Å². The maximum atomic E-state index is 10.0. The fraction of sp³-hybridized carbons (Fsp3) is 0.156. The third kappa shape index (κ3) is 10.7. The summed E-state index contributed by atoms with van der Waals surface area (Å²) in [5.41, 5.74) is 0. The van der Waals surface area contributed by atoms with Crippen LogP contribution in [0.4, 0.5) is 0 Å². The van der Waals surface area contributed by atoms with Crippen LogP contribution in [0.3, 0.4) is 0 Å². The molecule has 0 saturated carbocycles. The van der Waals surface area contributed by atoms with Gasteiger partial charge in [0.15, 0.2) is 0 Å². The first-order valence-corrected chi connectivity index (χ1v) is 24.2. The molecule has 8 heteroatoms. The van der Waals surface area contributed by atoms with E-state index in [4.69, 9.17) is 10.2 Å². The van der Waals surface area contributed by atoms with Gasteiger partial charge in [0.05, 0.1) is 25.2 Å². The predicted octanol–water partition coefficient (Wildman–Crippen LogP) is 8.68. The van der Waals surface area contributed by atoms with Gasteiger partial charge in [0.25, 0.3) is 0 Å². The van der Waals surface area contributed by atoms with Crippen LogP contribution in [0, 0.1) is 0 Å². The molecular weight excluding hydrogens is 731 g/mol. The van der Waals surface area contributed by atoms with E-state index in [2.05, 4.69) is 182 Å². The molecule has 0 amide bonds. The molecular formula is C45H46O4P2S2+2. The number of rotatable bonds is 17. The summed E-state index contributed by atoms with van der Waals surface area (Å²) in [7, 11) is -1.00. The Hall–Kier alpha value is -4.18. The van der Waals surface area contributed by atoms with E-state index in [1.807, 2.05) is 0 Å². The smallest absolute Gasteiger partial charge is 0.304 e. The van der Waals surface area contributed by atoms with E-state index in [9.17, 15) is 9.59 Å². The predicted molar refractivity (Wildman–Crippen MR) is 234 cm³/mol. The molecule has 0 unspecified atom stereocenters. The second kappa shape index (κ2) is 20.9. The Morgan fingerprint density at radius 3 is 0.774 bits per heavy atom. The van der Waals surface area contributed by atoms with Crippen LogP contribution in [0.5, 0.6) is 0 Å². The van der Waals surface area contributed by atoms with Gasteiger partial charge in [0, 0.05) is 17.9 Å². The first-order valence-electron chi connectivity index (χ1n) is 17.7. The van der Waals surface area contributed by atoms with E-state index in [-0.39, 0.29) is 12.8 Å². The van der Waals surface area contributed by atoms with Gasteiger partial charge in [0.2, 0.25) is 0 Å². The zero-order valence-electron chi connectivity index (χ0n) is 29.7. The Morgan fingerprint density at radius 1 is 0.377 bits per heavy atom. The van der Waals surface area contributed by atoms with Gasteiger partial charge in [-0.25, -0.2) is 0 Å². The first kappa shape index (κ1) is 40.0. The van der Waals surface area contributed by atoms with Crippen LogP contribution in [0.15, 0.2) is 182 Å². The highest BCUT2D eigenvalue weighted by Crippen LogP contribution is 2.60. The number of aliphatic carboxylic acids is 2. The van der Waals surface area contributed by atoms with Crippen molar-refractivity contribution in [3.05, 3.63) is 182 Å². The highest BCUT2D eigenvalue weighted by molar-refractivity contribution is 8.76. The van der Waals surface area contributed by atoms with Gasteiger partial charge in [0.1, 0.15) is 46.4 Å². The maximum Gasteiger partial charge on any atom is 0.304 e. The van der Waals surface area contributed by atoms with Crippen molar-refractivity contribution < 1.29 is 19.8 Å². The molecule has 6 aromatic rings. The molecule has 0 saturated heterocycles. The number of carbonyl (C=O) groups is 2. The van der Waals surface area contributed by atoms with E-state index in [0.717, 1.165) is 18.7 Å². The van der Waals surface area contributed by atoms with Crippen molar-refractivity contribution >= 4 is 79.9 Å². The van der Waals surface area contributed by atoms with Gasteiger partial charge < -0.3 is 10.2 Å². The lowest BCUT2D eigenvalue weighted by Crippen LogP contribution is -2.36. The summed E-state index contributed by atoms with van der Waals surface area (Å²) in [6.07, 6.45) is 3.63. The standard InChI is InChI=1S/C39H36P2.C6H10O4S2/c1-7-20-34(21-8-1)40(35-22-9-2-10-23-35,36-24-11-3-12-25-36)32-19-33-41(37-26-13-4-14-27-37,38-28-15-5-16-29-38)39-30-17-6-18-31-39;7-5(8)1-3-11-12-4-2-6(9)10/h1-18,20-31H,19,32-33H2;1-4H2,(H,7,8)(H,9,10)/q+2;. The first-order chi connectivity index (χ1) is 26.0. The van der Waals surface area contributed by atoms with Gasteiger partial charge in [-0.1, -0.05) is 131 Å². The summed E-state index contributed by atoms with van der Waals surface area (Å²) in [6, 6.07) is 67.8. The number of hydrogen-bond acceptors (Lipinski definition) is 4. The van der Waals surface area contributed by atoms with Crippen LogP contribution in [0.25, 0.3) is 0 Å². The fourth-order valence-electron chi connectivity index (χ4n) is 6.68. The lowest BCUT2D eigenvalue weighted by Gasteiger charge is -2.30. The minimum atomic E-state index is -1.90. The van der Waals surface area contributed by atoms with Crippen LogP contribution in [-0.2, 0) is 9.59 Å². The zero-order chi connectivity index (χ0) is 37.2. The Balaban J connectivity index is 0.000000390. The summed E-state index contributed by atoms with van der Waals surface area (Å²) in [4.78, 5) is 20.0. The molecule has 0 fully saturated rings. The van der Waals surface area contributed by atoms with Gasteiger partial charge in [-0.15, -0.1) is 0 Å². The molecule has 0 radical (unpaired) electrons. The summed E-state index contributed by atoms with van der Waals surface area (Å²) >= 11 is 0. The average molecular weight is 777 g/mol. The molecule has 0 aliphatic carbocycles.